The highest BCUT2D eigenvalue weighted by atomic mass is 16.6. The molecule has 0 radical (unpaired) electrons. The second-order valence-corrected chi connectivity index (χ2v) is 9.49. The predicted molar refractivity (Wildman–Crippen MR) is 145 cm³/mol. The summed E-state index contributed by atoms with van der Waals surface area (Å²) in [4.78, 5) is 20.5. The van der Waals surface area contributed by atoms with Crippen LogP contribution in [0.5, 0.6) is 11.5 Å². The zero-order valence-electron chi connectivity index (χ0n) is 22.5. The number of anilines is 3. The van der Waals surface area contributed by atoms with Crippen molar-refractivity contribution in [1.29, 1.82) is 0 Å². The third-order valence-electron chi connectivity index (χ3n) is 5.30. The number of fused-ring (bicyclic) bond motifs is 1. The Hall–Kier alpha value is -3.96. The van der Waals surface area contributed by atoms with Crippen LogP contribution in [0.2, 0.25) is 0 Å². The number of carbonyl (C=O) groups excluding carboxylic acids is 1. The SMILES string of the molecule is CCCCNc1nc(N)nc2cn(Cc3c(OC)cc(NCCNC(=O)OC(C)(C)C)cc3OC)nc12. The molecule has 0 aliphatic heterocycles. The number of nitrogen functional groups attached to an aromatic ring is 1. The maximum absolute atomic E-state index is 11.8. The van der Waals surface area contributed by atoms with Gasteiger partial charge in [-0.3, -0.25) is 4.68 Å². The van der Waals surface area contributed by atoms with Crippen molar-refractivity contribution >= 4 is 34.6 Å². The van der Waals surface area contributed by atoms with Gasteiger partial charge in [0.05, 0.1) is 32.5 Å². The highest BCUT2D eigenvalue weighted by Crippen LogP contribution is 2.34. The fraction of sp³-hybridized carbons (Fsp3) is 0.520. The van der Waals surface area contributed by atoms with Crippen molar-refractivity contribution in [3.05, 3.63) is 23.9 Å². The molecule has 0 aliphatic rings. The molecule has 0 bridgehead atoms. The Kier molecular flexibility index (Phi) is 9.20. The number of hydrogen-bond donors (Lipinski definition) is 4. The van der Waals surface area contributed by atoms with Crippen molar-refractivity contribution in [3.8, 4) is 11.5 Å². The number of methoxy groups -OCH3 is 2. The molecule has 202 valence electrons. The number of aromatic nitrogens is 4. The van der Waals surface area contributed by atoms with Crippen molar-refractivity contribution in [2.24, 2.45) is 0 Å². The van der Waals surface area contributed by atoms with E-state index in [-0.39, 0.29) is 5.95 Å². The molecule has 2 aromatic heterocycles. The van der Waals surface area contributed by atoms with E-state index in [1.165, 1.54) is 0 Å². The Morgan fingerprint density at radius 2 is 1.76 bits per heavy atom. The van der Waals surface area contributed by atoms with Gasteiger partial charge in [-0.2, -0.15) is 10.1 Å². The smallest absolute Gasteiger partial charge is 0.407 e. The largest absolute Gasteiger partial charge is 0.496 e. The number of nitrogens with two attached hydrogens (primary N) is 1. The average Bonchev–Trinajstić information content (AvgIpc) is 3.23. The molecule has 0 saturated carbocycles. The lowest BCUT2D eigenvalue weighted by molar-refractivity contribution is 0.0530. The van der Waals surface area contributed by atoms with Crippen LogP contribution in [0, 0.1) is 0 Å². The Labute approximate surface area is 217 Å². The van der Waals surface area contributed by atoms with Crippen molar-refractivity contribution in [1.82, 2.24) is 25.1 Å². The van der Waals surface area contributed by atoms with Crippen molar-refractivity contribution in [2.45, 2.75) is 52.7 Å². The van der Waals surface area contributed by atoms with Gasteiger partial charge in [0, 0.05) is 37.5 Å². The summed E-state index contributed by atoms with van der Waals surface area (Å²) in [6.07, 6.45) is 3.45. The molecular weight excluding hydrogens is 476 g/mol. The summed E-state index contributed by atoms with van der Waals surface area (Å²) in [5.41, 5.74) is 8.28. The standard InChI is InChI=1S/C25H38N8O4/c1-7-8-9-28-22-21-18(30-23(26)31-22)15-33(32-21)14-17-19(35-5)12-16(13-20(17)36-6)27-10-11-29-24(34)37-25(2,3)4/h12-13,15,27H,7-11,14H2,1-6H3,(H,29,34)(H3,26,28,30,31). The summed E-state index contributed by atoms with van der Waals surface area (Å²) in [5.74, 6) is 2.08. The van der Waals surface area contributed by atoms with Crippen molar-refractivity contribution in [2.75, 3.05) is 50.2 Å². The fourth-order valence-electron chi connectivity index (χ4n) is 3.65. The number of unbranched alkanes of at least 4 members (excludes halogenated alkanes) is 1. The van der Waals surface area contributed by atoms with Gasteiger partial charge in [-0.05, 0) is 27.2 Å². The molecule has 0 atom stereocenters. The number of nitrogens with zero attached hydrogens (tertiary/aromatic N) is 4. The molecule has 0 aliphatic carbocycles. The van der Waals surface area contributed by atoms with Crippen LogP contribution < -0.4 is 31.2 Å². The minimum absolute atomic E-state index is 0.192. The Balaban J connectivity index is 1.74. The molecular formula is C25H38N8O4. The molecule has 12 heteroatoms. The molecule has 0 spiro atoms. The number of benzene rings is 1. The van der Waals surface area contributed by atoms with Crippen molar-refractivity contribution < 1.29 is 19.0 Å². The summed E-state index contributed by atoms with van der Waals surface area (Å²) in [7, 11) is 3.21. The van der Waals surface area contributed by atoms with Crippen LogP contribution in [0.1, 0.15) is 46.1 Å². The second-order valence-electron chi connectivity index (χ2n) is 9.49. The minimum Gasteiger partial charge on any atom is -0.496 e. The van der Waals surface area contributed by atoms with Crippen LogP contribution in [0.15, 0.2) is 18.3 Å². The monoisotopic (exact) mass is 514 g/mol. The summed E-state index contributed by atoms with van der Waals surface area (Å²) in [6, 6.07) is 3.76. The normalized spacial score (nSPS) is 11.3. The average molecular weight is 515 g/mol. The van der Waals surface area contributed by atoms with E-state index in [9.17, 15) is 4.79 Å². The lowest BCUT2D eigenvalue weighted by Crippen LogP contribution is -2.35. The van der Waals surface area contributed by atoms with Gasteiger partial charge in [-0.1, -0.05) is 13.3 Å². The predicted octanol–water partition coefficient (Wildman–Crippen LogP) is 3.62. The number of carbonyl (C=O) groups is 1. The summed E-state index contributed by atoms with van der Waals surface area (Å²) >= 11 is 0. The molecule has 1 amide bonds. The van der Waals surface area contributed by atoms with Gasteiger partial charge in [-0.15, -0.1) is 0 Å². The van der Waals surface area contributed by atoms with Gasteiger partial charge in [0.25, 0.3) is 0 Å². The molecule has 5 N–H and O–H groups in total. The topological polar surface area (TPSA) is 150 Å². The Bertz CT molecular complexity index is 1180. The first kappa shape index (κ1) is 27.6. The molecule has 3 aromatic rings. The van der Waals surface area contributed by atoms with E-state index < -0.39 is 11.7 Å². The first-order chi connectivity index (χ1) is 17.6. The number of ether oxygens (including phenoxy) is 3. The van der Waals surface area contributed by atoms with E-state index in [1.807, 2.05) is 39.1 Å². The third kappa shape index (κ3) is 7.76. The minimum atomic E-state index is -0.541. The Morgan fingerprint density at radius 3 is 2.38 bits per heavy atom. The van der Waals surface area contributed by atoms with Crippen LogP contribution in [0.25, 0.3) is 11.0 Å². The highest BCUT2D eigenvalue weighted by Gasteiger charge is 2.17. The molecule has 1 aromatic carbocycles. The lowest BCUT2D eigenvalue weighted by Gasteiger charge is -2.20. The first-order valence-electron chi connectivity index (χ1n) is 12.3. The van der Waals surface area contributed by atoms with E-state index in [0.717, 1.165) is 30.6 Å². The molecule has 37 heavy (non-hydrogen) atoms. The molecule has 12 nitrogen and oxygen atoms in total. The molecule has 0 saturated heterocycles. The van der Waals surface area contributed by atoms with E-state index in [2.05, 4.69) is 32.8 Å². The van der Waals surface area contributed by atoms with Gasteiger partial charge < -0.3 is 35.9 Å². The van der Waals surface area contributed by atoms with Gasteiger partial charge in [0.2, 0.25) is 5.95 Å². The maximum Gasteiger partial charge on any atom is 0.407 e. The summed E-state index contributed by atoms with van der Waals surface area (Å²) < 4.78 is 18.4. The molecule has 3 rings (SSSR count). The number of alkyl carbamates (subject to hydrolysis) is 1. The van der Waals surface area contributed by atoms with Crippen LogP contribution in [-0.2, 0) is 11.3 Å². The van der Waals surface area contributed by atoms with Gasteiger partial charge >= 0.3 is 6.09 Å². The fourth-order valence-corrected chi connectivity index (χ4v) is 3.65. The second kappa shape index (κ2) is 12.3. The van der Waals surface area contributed by atoms with Gasteiger partial charge in [0.15, 0.2) is 11.3 Å². The van der Waals surface area contributed by atoms with Crippen LogP contribution in [-0.4, -0.2) is 65.3 Å². The van der Waals surface area contributed by atoms with Crippen LogP contribution >= 0.6 is 0 Å². The summed E-state index contributed by atoms with van der Waals surface area (Å²) in [5, 5.41) is 14.0. The molecule has 2 heterocycles. The highest BCUT2D eigenvalue weighted by molar-refractivity contribution is 5.85. The lowest BCUT2D eigenvalue weighted by atomic mass is 10.1. The number of amides is 1. The number of rotatable bonds is 12. The Morgan fingerprint density at radius 1 is 1.05 bits per heavy atom. The van der Waals surface area contributed by atoms with Gasteiger partial charge in [-0.25, -0.2) is 9.78 Å². The van der Waals surface area contributed by atoms with E-state index >= 15 is 0 Å². The van der Waals surface area contributed by atoms with E-state index in [0.29, 0.717) is 48.0 Å². The number of nitrogens with one attached hydrogen (secondary N) is 3. The van der Waals surface area contributed by atoms with Crippen LogP contribution in [0.3, 0.4) is 0 Å². The van der Waals surface area contributed by atoms with E-state index in [1.54, 1.807) is 18.9 Å². The molecule has 0 fully saturated rings. The zero-order chi connectivity index (χ0) is 27.0. The van der Waals surface area contributed by atoms with Crippen LogP contribution in [0.4, 0.5) is 22.2 Å². The third-order valence-corrected chi connectivity index (χ3v) is 5.30. The quantitative estimate of drug-likeness (QED) is 0.264. The van der Waals surface area contributed by atoms with Gasteiger partial charge in [0.1, 0.15) is 22.6 Å². The summed E-state index contributed by atoms with van der Waals surface area (Å²) in [6.45, 7) is 9.64. The van der Waals surface area contributed by atoms with E-state index in [4.69, 9.17) is 25.0 Å². The first-order valence-corrected chi connectivity index (χ1v) is 12.3. The van der Waals surface area contributed by atoms with Crippen molar-refractivity contribution in [3.63, 3.8) is 0 Å². The zero-order valence-corrected chi connectivity index (χ0v) is 22.5. The number of hydrogen-bond acceptors (Lipinski definition) is 10. The maximum atomic E-state index is 11.8. The molecule has 0 unspecified atom stereocenters.